The normalized spacial score (nSPS) is 10.6. The summed E-state index contributed by atoms with van der Waals surface area (Å²) < 4.78 is 5.76. The monoisotopic (exact) mass is 348 g/mol. The molecular weight excluding hydrogens is 312 g/mol. The third-order valence-corrected chi connectivity index (χ3v) is 4.40. The number of unbranched alkanes of at least 4 members (excludes halogenated alkanes) is 11. The van der Waals surface area contributed by atoms with E-state index < -0.39 is 6.03 Å². The van der Waals surface area contributed by atoms with E-state index in [1.54, 1.807) is 6.07 Å². The summed E-state index contributed by atoms with van der Waals surface area (Å²) in [4.78, 5) is 11.0. The van der Waals surface area contributed by atoms with E-state index in [1.807, 2.05) is 18.2 Å². The van der Waals surface area contributed by atoms with Crippen LogP contribution in [0.3, 0.4) is 0 Å². The predicted molar refractivity (Wildman–Crippen MR) is 106 cm³/mol. The summed E-state index contributed by atoms with van der Waals surface area (Å²) in [6.45, 7) is 2.94. The van der Waals surface area contributed by atoms with Gasteiger partial charge in [-0.1, -0.05) is 89.7 Å². The summed E-state index contributed by atoms with van der Waals surface area (Å²) >= 11 is 0. The number of nitrogens with two attached hydrogens (primary N) is 1. The van der Waals surface area contributed by atoms with Crippen LogP contribution < -0.4 is 15.8 Å². The molecule has 0 aliphatic heterocycles. The minimum atomic E-state index is -0.568. The lowest BCUT2D eigenvalue weighted by molar-refractivity contribution is 0.259. The molecule has 0 aromatic heterocycles. The Balaban J connectivity index is 1.96. The molecule has 1 aromatic carbocycles. The molecule has 0 saturated heterocycles. The van der Waals surface area contributed by atoms with Crippen molar-refractivity contribution in [2.24, 2.45) is 5.73 Å². The SMILES string of the molecule is CCCCCCCCCCCCCCOc1ccccc1NC(N)=O. The van der Waals surface area contributed by atoms with Crippen molar-refractivity contribution in [2.75, 3.05) is 11.9 Å². The molecule has 1 aromatic rings. The predicted octanol–water partition coefficient (Wildman–Crippen LogP) is 6.26. The molecule has 0 bridgehead atoms. The van der Waals surface area contributed by atoms with Crippen LogP contribution in [-0.4, -0.2) is 12.6 Å². The molecule has 0 heterocycles. The first-order chi connectivity index (χ1) is 12.2. The highest BCUT2D eigenvalue weighted by atomic mass is 16.5. The lowest BCUT2D eigenvalue weighted by Gasteiger charge is -2.11. The van der Waals surface area contributed by atoms with Crippen molar-refractivity contribution in [1.29, 1.82) is 0 Å². The summed E-state index contributed by atoms with van der Waals surface area (Å²) in [5.41, 5.74) is 5.80. The molecule has 0 spiro atoms. The Hall–Kier alpha value is -1.71. The smallest absolute Gasteiger partial charge is 0.316 e. The zero-order chi connectivity index (χ0) is 18.2. The first kappa shape index (κ1) is 21.3. The van der Waals surface area contributed by atoms with Crippen LogP contribution in [0.5, 0.6) is 5.75 Å². The average Bonchev–Trinajstić information content (AvgIpc) is 2.60. The Morgan fingerprint density at radius 1 is 0.880 bits per heavy atom. The number of carbonyl (C=O) groups is 1. The van der Waals surface area contributed by atoms with Crippen molar-refractivity contribution in [3.05, 3.63) is 24.3 Å². The zero-order valence-corrected chi connectivity index (χ0v) is 15.9. The van der Waals surface area contributed by atoms with Crippen molar-refractivity contribution < 1.29 is 9.53 Å². The van der Waals surface area contributed by atoms with E-state index in [4.69, 9.17) is 10.5 Å². The van der Waals surface area contributed by atoms with Crippen LogP contribution in [0, 0.1) is 0 Å². The van der Waals surface area contributed by atoms with Crippen LogP contribution in [0.15, 0.2) is 24.3 Å². The van der Waals surface area contributed by atoms with Crippen LogP contribution in [0.25, 0.3) is 0 Å². The number of urea groups is 1. The number of rotatable bonds is 15. The molecule has 0 radical (unpaired) electrons. The number of benzene rings is 1. The number of primary amides is 1. The molecule has 1 rings (SSSR count). The van der Waals surface area contributed by atoms with E-state index in [9.17, 15) is 4.79 Å². The minimum Gasteiger partial charge on any atom is -0.491 e. The fourth-order valence-corrected chi connectivity index (χ4v) is 2.95. The van der Waals surface area contributed by atoms with Crippen molar-refractivity contribution in [1.82, 2.24) is 0 Å². The van der Waals surface area contributed by atoms with Crippen molar-refractivity contribution in [2.45, 2.75) is 84.0 Å². The molecule has 3 N–H and O–H groups in total. The molecule has 0 fully saturated rings. The molecule has 2 amide bonds. The van der Waals surface area contributed by atoms with Crippen molar-refractivity contribution in [3.63, 3.8) is 0 Å². The van der Waals surface area contributed by atoms with Crippen LogP contribution in [0.1, 0.15) is 84.0 Å². The summed E-state index contributed by atoms with van der Waals surface area (Å²) in [5, 5.41) is 2.58. The summed E-state index contributed by atoms with van der Waals surface area (Å²) in [7, 11) is 0. The molecule has 142 valence electrons. The molecule has 0 atom stereocenters. The highest BCUT2D eigenvalue weighted by molar-refractivity contribution is 5.89. The van der Waals surface area contributed by atoms with Gasteiger partial charge in [-0.3, -0.25) is 0 Å². The first-order valence-corrected chi connectivity index (χ1v) is 10.0. The molecule has 4 nitrogen and oxygen atoms in total. The number of ether oxygens (including phenoxy) is 1. The largest absolute Gasteiger partial charge is 0.491 e. The number of hydrogen-bond donors (Lipinski definition) is 2. The van der Waals surface area contributed by atoms with E-state index in [0.717, 1.165) is 6.42 Å². The summed E-state index contributed by atoms with van der Waals surface area (Å²) in [5.74, 6) is 0.685. The van der Waals surface area contributed by atoms with Crippen LogP contribution in [-0.2, 0) is 0 Å². The van der Waals surface area contributed by atoms with Crippen molar-refractivity contribution in [3.8, 4) is 5.75 Å². The number of hydrogen-bond acceptors (Lipinski definition) is 2. The molecule has 0 unspecified atom stereocenters. The van der Waals surface area contributed by atoms with Gasteiger partial charge in [0, 0.05) is 0 Å². The van der Waals surface area contributed by atoms with Gasteiger partial charge in [-0.2, -0.15) is 0 Å². The average molecular weight is 349 g/mol. The van der Waals surface area contributed by atoms with Gasteiger partial charge in [-0.05, 0) is 18.6 Å². The van der Waals surface area contributed by atoms with Gasteiger partial charge in [0.1, 0.15) is 5.75 Å². The number of para-hydroxylation sites is 2. The van der Waals surface area contributed by atoms with Gasteiger partial charge < -0.3 is 15.8 Å². The molecule has 0 aliphatic rings. The molecule has 0 saturated carbocycles. The van der Waals surface area contributed by atoms with Gasteiger partial charge in [0.2, 0.25) is 0 Å². The molecule has 0 aliphatic carbocycles. The second-order valence-electron chi connectivity index (χ2n) is 6.72. The van der Waals surface area contributed by atoms with Crippen LogP contribution >= 0.6 is 0 Å². The fraction of sp³-hybridized carbons (Fsp3) is 0.667. The number of amides is 2. The maximum absolute atomic E-state index is 11.0. The standard InChI is InChI=1S/C21H36N2O2/c1-2-3-4-5-6-7-8-9-10-11-12-15-18-25-20-17-14-13-16-19(20)23-21(22)24/h13-14,16-17H,2-12,15,18H2,1H3,(H3,22,23,24). The van der Waals surface area contributed by atoms with E-state index in [2.05, 4.69) is 12.2 Å². The Morgan fingerprint density at radius 3 is 1.96 bits per heavy atom. The quantitative estimate of drug-likeness (QED) is 0.367. The maximum Gasteiger partial charge on any atom is 0.316 e. The van der Waals surface area contributed by atoms with Gasteiger partial charge >= 0.3 is 6.03 Å². The lowest BCUT2D eigenvalue weighted by atomic mass is 10.1. The summed E-state index contributed by atoms with van der Waals surface area (Å²) in [6, 6.07) is 6.82. The third kappa shape index (κ3) is 11.5. The Kier molecular flexibility index (Phi) is 12.5. The first-order valence-electron chi connectivity index (χ1n) is 10.0. The highest BCUT2D eigenvalue weighted by Gasteiger charge is 2.04. The van der Waals surface area contributed by atoms with E-state index in [1.165, 1.54) is 70.6 Å². The lowest BCUT2D eigenvalue weighted by Crippen LogP contribution is -2.19. The van der Waals surface area contributed by atoms with Gasteiger partial charge in [-0.15, -0.1) is 0 Å². The molecule has 25 heavy (non-hydrogen) atoms. The minimum absolute atomic E-state index is 0.568. The number of carbonyl (C=O) groups excluding carboxylic acids is 1. The molecular formula is C21H36N2O2. The van der Waals surface area contributed by atoms with E-state index in [-0.39, 0.29) is 0 Å². The fourth-order valence-electron chi connectivity index (χ4n) is 2.95. The highest BCUT2D eigenvalue weighted by Crippen LogP contribution is 2.23. The van der Waals surface area contributed by atoms with Gasteiger partial charge in [0.15, 0.2) is 0 Å². The van der Waals surface area contributed by atoms with Crippen molar-refractivity contribution >= 4 is 11.7 Å². The Bertz CT molecular complexity index is 463. The number of nitrogens with one attached hydrogen (secondary N) is 1. The Labute approximate surface area is 153 Å². The Morgan fingerprint density at radius 2 is 1.40 bits per heavy atom. The second-order valence-corrected chi connectivity index (χ2v) is 6.72. The topological polar surface area (TPSA) is 64.3 Å². The third-order valence-electron chi connectivity index (χ3n) is 4.40. The van der Waals surface area contributed by atoms with Gasteiger partial charge in [-0.25, -0.2) is 4.79 Å². The van der Waals surface area contributed by atoms with Crippen LogP contribution in [0.2, 0.25) is 0 Å². The molecule has 4 heteroatoms. The van der Waals surface area contributed by atoms with E-state index in [0.29, 0.717) is 18.0 Å². The van der Waals surface area contributed by atoms with Gasteiger partial charge in [0.05, 0.1) is 12.3 Å². The van der Waals surface area contributed by atoms with Crippen LogP contribution in [0.4, 0.5) is 10.5 Å². The summed E-state index contributed by atoms with van der Waals surface area (Å²) in [6.07, 6.45) is 15.9. The second kappa shape index (κ2) is 14.6. The maximum atomic E-state index is 11.0. The van der Waals surface area contributed by atoms with Gasteiger partial charge in [0.25, 0.3) is 0 Å². The van der Waals surface area contributed by atoms with E-state index >= 15 is 0 Å². The number of anilines is 1. The zero-order valence-electron chi connectivity index (χ0n) is 15.9.